The molecule has 104 heavy (non-hydrogen) atoms. The van der Waals surface area contributed by atoms with Crippen LogP contribution in [0.1, 0.15) is 22.8 Å². The summed E-state index contributed by atoms with van der Waals surface area (Å²) in [5, 5.41) is 18.7. The first-order chi connectivity index (χ1) is 51.1. The fourth-order valence-corrected chi connectivity index (χ4v) is 15.2. The summed E-state index contributed by atoms with van der Waals surface area (Å²) >= 11 is 7.12. The lowest BCUT2D eigenvalue weighted by Crippen LogP contribution is -2.09. The first kappa shape index (κ1) is 64.9. The third-order valence-corrected chi connectivity index (χ3v) is 20.0. The molecule has 0 unspecified atom stereocenters. The van der Waals surface area contributed by atoms with Gasteiger partial charge >= 0.3 is 0 Å². The lowest BCUT2D eigenvalue weighted by atomic mass is 9.98. The van der Waals surface area contributed by atoms with E-state index in [1.54, 1.807) is 0 Å². The Morgan fingerprint density at radius 1 is 0.192 bits per heavy atom. The average Bonchev–Trinajstić information content (AvgIpc) is 0.760. The molecular weight excluding hydrogens is 1400 g/mol. The number of aromatic nitrogens is 8. The van der Waals surface area contributed by atoms with Crippen molar-refractivity contribution in [2.45, 2.75) is 27.7 Å². The lowest BCUT2D eigenvalue weighted by Gasteiger charge is -2.26. The number of nitrogens with zero attached hydrogens (tertiary/aromatic N) is 10. The zero-order valence-corrected chi connectivity index (χ0v) is 60.4. The van der Waals surface area contributed by atoms with Gasteiger partial charge in [0.05, 0.1) is 66.9 Å². The van der Waals surface area contributed by atoms with E-state index in [1.807, 2.05) is 82.8 Å². The van der Waals surface area contributed by atoms with Gasteiger partial charge in [0.1, 0.15) is 0 Å². The van der Waals surface area contributed by atoms with E-state index in [9.17, 15) is 0 Å². The molecule has 0 aliphatic carbocycles. The van der Waals surface area contributed by atoms with Crippen molar-refractivity contribution in [2.75, 3.05) is 9.80 Å². The first-order valence-corrected chi connectivity index (χ1v) is 36.1. The number of benzene rings is 16. The molecule has 0 radical (unpaired) electrons. The predicted molar refractivity (Wildman–Crippen MR) is 442 cm³/mol. The quantitative estimate of drug-likeness (QED) is 0.149. The van der Waals surface area contributed by atoms with Crippen LogP contribution in [0.2, 0.25) is 0 Å². The molecule has 0 amide bonds. The van der Waals surface area contributed by atoms with E-state index in [0.717, 1.165) is 153 Å². The second-order valence-electron chi connectivity index (χ2n) is 25.9. The van der Waals surface area contributed by atoms with Gasteiger partial charge in [-0.1, -0.05) is 226 Å². The standard InChI is InChI=1S/2C29H21N3.2C17H11BrN2/c1-20-19-30-28-26-17-16-23(18-27(26)24-14-8-9-15-25(24)29(28)31-20)32(21-10-4-2-5-11-21)22-12-6-3-7-13-22;1-20-19-30-28-25-15-9-8-14-24(25)27-18-23(16-17-26(27)29(28)31-20)32(21-10-4-2-5-11-21)22-12-6-3-7-13-22;1-10-9-19-16-14-7-6-11(18)8-15(14)12-4-2-3-5-13(12)17(16)20-10;1-10-9-19-16-13-5-3-2-4-12(13)15-8-11(18)6-7-14(15)17(16)20-10/h2*2-19H,1H3;2*2-9H,1H3. The summed E-state index contributed by atoms with van der Waals surface area (Å²) in [6, 6.07) is 102. The van der Waals surface area contributed by atoms with Crippen molar-refractivity contribution in [3.05, 3.63) is 348 Å². The summed E-state index contributed by atoms with van der Waals surface area (Å²) in [6.45, 7) is 7.94. The highest BCUT2D eigenvalue weighted by Gasteiger charge is 2.20. The van der Waals surface area contributed by atoms with Gasteiger partial charge in [-0.25, -0.2) is 19.9 Å². The fraction of sp³-hybridized carbons (Fsp3) is 0.0435. The van der Waals surface area contributed by atoms with Crippen LogP contribution >= 0.6 is 31.9 Å². The molecule has 496 valence electrons. The van der Waals surface area contributed by atoms with Crippen LogP contribution in [0, 0.1) is 27.7 Å². The molecule has 0 bridgehead atoms. The van der Waals surface area contributed by atoms with Gasteiger partial charge in [0.2, 0.25) is 0 Å². The van der Waals surface area contributed by atoms with E-state index >= 15 is 0 Å². The Labute approximate surface area is 617 Å². The summed E-state index contributed by atoms with van der Waals surface area (Å²) < 4.78 is 2.16. The Morgan fingerprint density at radius 3 is 0.683 bits per heavy atom. The summed E-state index contributed by atoms with van der Waals surface area (Å²) in [6.07, 6.45) is 7.37. The maximum absolute atomic E-state index is 4.87. The van der Waals surface area contributed by atoms with E-state index in [1.165, 1.54) is 43.1 Å². The van der Waals surface area contributed by atoms with Gasteiger partial charge in [-0.15, -0.1) is 0 Å². The molecular formula is C92H64Br2N10. The molecule has 0 N–H and O–H groups in total. The Bertz CT molecular complexity index is 6470. The van der Waals surface area contributed by atoms with Crippen molar-refractivity contribution >= 4 is 196 Å². The molecule has 0 fully saturated rings. The zero-order chi connectivity index (χ0) is 70.4. The van der Waals surface area contributed by atoms with E-state index in [-0.39, 0.29) is 0 Å². The van der Waals surface area contributed by atoms with Crippen molar-refractivity contribution in [1.29, 1.82) is 0 Å². The topological polar surface area (TPSA) is 110 Å². The smallest absolute Gasteiger partial charge is 0.0974 e. The zero-order valence-electron chi connectivity index (χ0n) is 57.3. The Hall–Kier alpha value is -12.5. The maximum atomic E-state index is 4.87. The molecule has 10 nitrogen and oxygen atoms in total. The van der Waals surface area contributed by atoms with E-state index in [2.05, 4.69) is 312 Å². The highest BCUT2D eigenvalue weighted by atomic mass is 79.9. The number of para-hydroxylation sites is 4. The van der Waals surface area contributed by atoms with Crippen LogP contribution < -0.4 is 9.80 Å². The highest BCUT2D eigenvalue weighted by Crippen LogP contribution is 2.43. The third kappa shape index (κ3) is 12.2. The van der Waals surface area contributed by atoms with E-state index in [4.69, 9.17) is 29.9 Å². The molecule has 20 aromatic rings. The van der Waals surface area contributed by atoms with Crippen molar-refractivity contribution in [1.82, 2.24) is 39.9 Å². The van der Waals surface area contributed by atoms with Crippen LogP contribution in [0.5, 0.6) is 0 Å². The van der Waals surface area contributed by atoms with Gasteiger partial charge in [0.25, 0.3) is 0 Å². The molecule has 0 atom stereocenters. The fourth-order valence-electron chi connectivity index (χ4n) is 14.4. The third-order valence-electron chi connectivity index (χ3n) is 19.0. The lowest BCUT2D eigenvalue weighted by molar-refractivity contribution is 1.19. The number of rotatable bonds is 6. The number of fused-ring (bicyclic) bond motifs is 24. The number of hydrogen-bond donors (Lipinski definition) is 0. The molecule has 0 saturated carbocycles. The largest absolute Gasteiger partial charge is 0.310 e. The molecule has 0 spiro atoms. The Morgan fingerprint density at radius 2 is 0.404 bits per heavy atom. The monoisotopic (exact) mass is 1470 g/mol. The Kier molecular flexibility index (Phi) is 17.3. The second-order valence-corrected chi connectivity index (χ2v) is 27.7. The summed E-state index contributed by atoms with van der Waals surface area (Å²) in [5.74, 6) is 0. The SMILES string of the molecule is Cc1cnc2c3ccc(Br)cc3c3ccccc3c2n1.Cc1cnc2c3ccc(N(c4ccccc4)c4ccccc4)cc3c3ccccc3c2n1.Cc1cnc2c3ccccc3c3cc(Br)ccc3c2n1.Cc1cnc2c3ccccc3c3cc(N(c4ccccc4)c4ccccc4)ccc3c2n1. The van der Waals surface area contributed by atoms with Crippen molar-refractivity contribution in [3.8, 4) is 0 Å². The predicted octanol–water partition coefficient (Wildman–Crippen LogP) is 25.4. The Balaban J connectivity index is 0.000000105. The number of hydrogen-bond acceptors (Lipinski definition) is 10. The van der Waals surface area contributed by atoms with Crippen LogP contribution in [0.3, 0.4) is 0 Å². The van der Waals surface area contributed by atoms with Gasteiger partial charge in [-0.3, -0.25) is 19.9 Å². The van der Waals surface area contributed by atoms with Gasteiger partial charge in [-0.2, -0.15) is 0 Å². The van der Waals surface area contributed by atoms with Crippen LogP contribution in [-0.2, 0) is 0 Å². The number of halogens is 2. The van der Waals surface area contributed by atoms with E-state index < -0.39 is 0 Å². The van der Waals surface area contributed by atoms with Crippen molar-refractivity contribution in [2.24, 2.45) is 0 Å². The van der Waals surface area contributed by atoms with Gasteiger partial charge in [-0.05, 0) is 168 Å². The maximum Gasteiger partial charge on any atom is 0.0974 e. The van der Waals surface area contributed by atoms with Crippen molar-refractivity contribution < 1.29 is 0 Å². The second kappa shape index (κ2) is 27.8. The molecule has 0 aliphatic rings. The van der Waals surface area contributed by atoms with Crippen LogP contribution in [-0.4, -0.2) is 39.9 Å². The van der Waals surface area contributed by atoms with Crippen LogP contribution in [0.25, 0.3) is 130 Å². The minimum atomic E-state index is 0.924. The molecule has 0 saturated heterocycles. The van der Waals surface area contributed by atoms with Gasteiger partial charge in [0.15, 0.2) is 0 Å². The molecule has 4 aromatic heterocycles. The molecule has 4 heterocycles. The normalized spacial score (nSPS) is 11.4. The minimum absolute atomic E-state index is 0.924. The van der Waals surface area contributed by atoms with Crippen LogP contribution in [0.15, 0.2) is 325 Å². The summed E-state index contributed by atoms with van der Waals surface area (Å²) in [4.78, 5) is 42.4. The number of aryl methyl sites for hydroxylation is 4. The molecule has 0 aliphatic heterocycles. The van der Waals surface area contributed by atoms with Crippen LogP contribution in [0.4, 0.5) is 34.1 Å². The van der Waals surface area contributed by atoms with Gasteiger partial charge in [0, 0.05) is 111 Å². The molecule has 20 rings (SSSR count). The van der Waals surface area contributed by atoms with Crippen molar-refractivity contribution in [3.63, 3.8) is 0 Å². The van der Waals surface area contributed by atoms with Gasteiger partial charge < -0.3 is 9.80 Å². The highest BCUT2D eigenvalue weighted by molar-refractivity contribution is 9.10. The average molecular weight is 1470 g/mol. The molecule has 12 heteroatoms. The minimum Gasteiger partial charge on any atom is -0.310 e. The summed E-state index contributed by atoms with van der Waals surface area (Å²) in [5.41, 5.74) is 18.2. The molecule has 16 aromatic carbocycles. The van der Waals surface area contributed by atoms with E-state index in [0.29, 0.717) is 0 Å². The summed E-state index contributed by atoms with van der Waals surface area (Å²) in [7, 11) is 0. The first-order valence-electron chi connectivity index (χ1n) is 34.5. The number of anilines is 6.